The van der Waals surface area contributed by atoms with Crippen molar-refractivity contribution in [1.29, 1.82) is 0 Å². The predicted molar refractivity (Wildman–Crippen MR) is 138 cm³/mol. The Morgan fingerprint density at radius 3 is 2.03 bits per heavy atom. The summed E-state index contributed by atoms with van der Waals surface area (Å²) in [5, 5.41) is 2.95. The summed E-state index contributed by atoms with van der Waals surface area (Å²) in [5.41, 5.74) is 1.71. The van der Waals surface area contributed by atoms with Gasteiger partial charge in [0.2, 0.25) is 11.8 Å². The number of benzene rings is 2. The fourth-order valence-corrected chi connectivity index (χ4v) is 5.74. The van der Waals surface area contributed by atoms with Gasteiger partial charge in [0, 0.05) is 6.42 Å². The van der Waals surface area contributed by atoms with Gasteiger partial charge in [0.1, 0.15) is 18.1 Å². The lowest BCUT2D eigenvalue weighted by Crippen LogP contribution is -2.66. The molecule has 1 aliphatic heterocycles. The highest BCUT2D eigenvalue weighted by Gasteiger charge is 2.49. The molecule has 1 aliphatic carbocycles. The summed E-state index contributed by atoms with van der Waals surface area (Å²) in [6.07, 6.45) is -2.81. The van der Waals surface area contributed by atoms with Crippen LogP contribution in [0.2, 0.25) is 0 Å². The highest BCUT2D eigenvalue weighted by atomic mass is 19.4. The monoisotopic (exact) mass is 528 g/mol. The lowest BCUT2D eigenvalue weighted by atomic mass is 9.86. The molecule has 1 N–H and O–H groups in total. The second kappa shape index (κ2) is 10.9. The van der Waals surface area contributed by atoms with Crippen LogP contribution in [0.25, 0.3) is 0 Å². The van der Waals surface area contributed by atoms with Crippen molar-refractivity contribution >= 4 is 17.6 Å². The Balaban J connectivity index is 1.76. The number of halogens is 3. The molecule has 1 heterocycles. The smallest absolute Gasteiger partial charge is 0.342 e. The molecule has 2 aromatic carbocycles. The van der Waals surface area contributed by atoms with Gasteiger partial charge in [0.25, 0.3) is 0 Å². The molecule has 5 nitrogen and oxygen atoms in total. The average molecular weight is 529 g/mol. The van der Waals surface area contributed by atoms with Crippen molar-refractivity contribution in [2.45, 2.75) is 77.7 Å². The molecule has 2 aromatic rings. The zero-order chi connectivity index (χ0) is 27.8. The first-order valence-electron chi connectivity index (χ1n) is 13.3. The molecule has 8 heteroatoms. The third kappa shape index (κ3) is 5.79. The third-order valence-corrected chi connectivity index (χ3v) is 7.45. The third-order valence-electron chi connectivity index (χ3n) is 7.45. The van der Waals surface area contributed by atoms with E-state index in [1.807, 2.05) is 52.0 Å². The highest BCUT2D eigenvalue weighted by Crippen LogP contribution is 2.37. The standard InChI is InChI=1S/C30H35F3N2O3/c1-17(2)13-24-28(37)34-26(22-15-20-7-5-6-8-21(20)16-22)29(38)35(24)27(25(36)14-18(3)4)19-9-11-23(12-10-19)30(31,32)33/h5-12,17-18,22,24,26-27H,13-16H2,1-4H3,(H,34,37)/t24-,26-,27-/m1/s1. The second-order valence-electron chi connectivity index (χ2n) is 11.4. The first kappa shape index (κ1) is 27.9. The number of Topliss-reactive ketones (excluding diaryl/α,β-unsaturated/α-hetero) is 1. The second-order valence-corrected chi connectivity index (χ2v) is 11.4. The summed E-state index contributed by atoms with van der Waals surface area (Å²) < 4.78 is 39.8. The van der Waals surface area contributed by atoms with Crippen LogP contribution in [-0.4, -0.2) is 34.6 Å². The van der Waals surface area contributed by atoms with Gasteiger partial charge in [-0.05, 0) is 65.8 Å². The molecule has 4 rings (SSSR count). The molecule has 204 valence electrons. The number of alkyl halides is 3. The Morgan fingerprint density at radius 2 is 1.53 bits per heavy atom. The normalized spacial score (nSPS) is 21.1. The largest absolute Gasteiger partial charge is 0.416 e. The van der Waals surface area contributed by atoms with E-state index in [0.29, 0.717) is 19.3 Å². The van der Waals surface area contributed by atoms with Crippen molar-refractivity contribution in [1.82, 2.24) is 10.2 Å². The molecule has 0 spiro atoms. The number of nitrogens with zero attached hydrogens (tertiary/aromatic N) is 1. The van der Waals surface area contributed by atoms with Gasteiger partial charge in [-0.3, -0.25) is 14.4 Å². The Kier molecular flexibility index (Phi) is 8.00. The van der Waals surface area contributed by atoms with E-state index < -0.39 is 29.9 Å². The zero-order valence-corrected chi connectivity index (χ0v) is 22.2. The van der Waals surface area contributed by atoms with E-state index in [0.717, 1.165) is 23.3 Å². The molecule has 0 bridgehead atoms. The van der Waals surface area contributed by atoms with Crippen LogP contribution in [0.4, 0.5) is 13.2 Å². The minimum absolute atomic E-state index is 0.0307. The fraction of sp³-hybridized carbons (Fsp3) is 0.500. The molecule has 0 unspecified atom stereocenters. The fourth-order valence-electron chi connectivity index (χ4n) is 5.74. The van der Waals surface area contributed by atoms with Crippen LogP contribution in [0.15, 0.2) is 48.5 Å². The topological polar surface area (TPSA) is 66.5 Å². The van der Waals surface area contributed by atoms with Gasteiger partial charge in [-0.15, -0.1) is 0 Å². The van der Waals surface area contributed by atoms with Crippen LogP contribution in [0, 0.1) is 17.8 Å². The van der Waals surface area contributed by atoms with E-state index in [2.05, 4.69) is 5.32 Å². The number of hydrogen-bond acceptors (Lipinski definition) is 3. The summed E-state index contributed by atoms with van der Waals surface area (Å²) in [6.45, 7) is 7.60. The van der Waals surface area contributed by atoms with E-state index in [9.17, 15) is 27.6 Å². The molecule has 0 saturated carbocycles. The van der Waals surface area contributed by atoms with Gasteiger partial charge in [-0.2, -0.15) is 13.2 Å². The first-order chi connectivity index (χ1) is 17.9. The quantitative estimate of drug-likeness (QED) is 0.491. The molecule has 3 atom stereocenters. The molecule has 1 saturated heterocycles. The molecule has 0 radical (unpaired) electrons. The number of amides is 2. The number of fused-ring (bicyclic) bond motifs is 1. The molecule has 2 amide bonds. The van der Waals surface area contributed by atoms with Gasteiger partial charge >= 0.3 is 6.18 Å². The number of ketones is 1. The number of carbonyl (C=O) groups excluding carboxylic acids is 3. The number of hydrogen-bond donors (Lipinski definition) is 1. The molecule has 38 heavy (non-hydrogen) atoms. The van der Waals surface area contributed by atoms with Crippen LogP contribution in [0.1, 0.15) is 68.8 Å². The Labute approximate surface area is 221 Å². The van der Waals surface area contributed by atoms with Crippen LogP contribution >= 0.6 is 0 Å². The van der Waals surface area contributed by atoms with E-state index in [1.165, 1.54) is 17.0 Å². The van der Waals surface area contributed by atoms with E-state index in [1.54, 1.807) is 0 Å². The minimum atomic E-state index is -4.53. The molecular weight excluding hydrogens is 493 g/mol. The summed E-state index contributed by atoms with van der Waals surface area (Å²) >= 11 is 0. The molecule has 0 aromatic heterocycles. The molecule has 1 fully saturated rings. The summed E-state index contributed by atoms with van der Waals surface area (Å²) in [4.78, 5) is 42.8. The molecular formula is C30H35F3N2O3. The maximum Gasteiger partial charge on any atom is 0.416 e. The number of nitrogens with one attached hydrogen (secondary N) is 1. The van der Waals surface area contributed by atoms with Crippen LogP contribution in [-0.2, 0) is 33.4 Å². The van der Waals surface area contributed by atoms with Crippen molar-refractivity contribution in [3.63, 3.8) is 0 Å². The maximum atomic E-state index is 14.2. The highest BCUT2D eigenvalue weighted by molar-refractivity contribution is 6.00. The number of rotatable bonds is 8. The van der Waals surface area contributed by atoms with E-state index in [4.69, 9.17) is 0 Å². The van der Waals surface area contributed by atoms with Crippen LogP contribution in [0.3, 0.4) is 0 Å². The van der Waals surface area contributed by atoms with Gasteiger partial charge in [-0.1, -0.05) is 64.1 Å². The molecule has 2 aliphatic rings. The van der Waals surface area contributed by atoms with E-state index >= 15 is 0 Å². The van der Waals surface area contributed by atoms with Crippen molar-refractivity contribution in [3.05, 3.63) is 70.8 Å². The van der Waals surface area contributed by atoms with Crippen molar-refractivity contribution < 1.29 is 27.6 Å². The van der Waals surface area contributed by atoms with Crippen LogP contribution < -0.4 is 5.32 Å². The lowest BCUT2D eigenvalue weighted by Gasteiger charge is -2.45. The zero-order valence-electron chi connectivity index (χ0n) is 22.2. The maximum absolute atomic E-state index is 14.2. The first-order valence-corrected chi connectivity index (χ1v) is 13.3. The predicted octanol–water partition coefficient (Wildman–Crippen LogP) is 5.52. The Morgan fingerprint density at radius 1 is 0.947 bits per heavy atom. The SMILES string of the molecule is CC(C)CC(=O)[C@@H](c1ccc(C(F)(F)F)cc1)N1C(=O)[C@@H](C2Cc3ccccc3C2)NC(=O)[C@H]1CC(C)C. The summed E-state index contributed by atoms with van der Waals surface area (Å²) in [7, 11) is 0. The van der Waals surface area contributed by atoms with E-state index in [-0.39, 0.29) is 47.3 Å². The van der Waals surface area contributed by atoms with Gasteiger partial charge in [-0.25, -0.2) is 0 Å². The average Bonchev–Trinajstić information content (AvgIpc) is 3.26. The van der Waals surface area contributed by atoms with Crippen LogP contribution in [0.5, 0.6) is 0 Å². The number of piperazine rings is 1. The Bertz CT molecular complexity index is 1160. The lowest BCUT2D eigenvalue weighted by molar-refractivity contribution is -0.157. The minimum Gasteiger partial charge on any atom is -0.342 e. The van der Waals surface area contributed by atoms with Gasteiger partial charge in [0.15, 0.2) is 5.78 Å². The number of carbonyl (C=O) groups is 3. The van der Waals surface area contributed by atoms with Gasteiger partial charge in [0.05, 0.1) is 5.56 Å². The Hall–Kier alpha value is -3.16. The van der Waals surface area contributed by atoms with Gasteiger partial charge < -0.3 is 10.2 Å². The van der Waals surface area contributed by atoms with Crippen molar-refractivity contribution in [3.8, 4) is 0 Å². The van der Waals surface area contributed by atoms with Crippen molar-refractivity contribution in [2.75, 3.05) is 0 Å². The van der Waals surface area contributed by atoms with Crippen molar-refractivity contribution in [2.24, 2.45) is 17.8 Å². The summed E-state index contributed by atoms with van der Waals surface area (Å²) in [5.74, 6) is -1.12. The summed E-state index contributed by atoms with van der Waals surface area (Å²) in [6, 6.07) is 9.45.